The van der Waals surface area contributed by atoms with E-state index in [1.807, 2.05) is 24.3 Å². The molecule has 0 aromatic heterocycles. The molecule has 0 bridgehead atoms. The molecule has 0 atom stereocenters. The molecule has 0 saturated carbocycles. The molecule has 1 aliphatic heterocycles. The first-order valence-corrected chi connectivity index (χ1v) is 9.45. The van der Waals surface area contributed by atoms with Crippen LogP contribution in [0.5, 0.6) is 5.75 Å². The molecule has 0 spiro atoms. The summed E-state index contributed by atoms with van der Waals surface area (Å²) in [5.74, 6) is 0.791. The highest BCUT2D eigenvalue weighted by molar-refractivity contribution is 5.74. The number of carbonyl (C=O) groups excluding carboxylic acids is 1. The Morgan fingerprint density at radius 1 is 1.03 bits per heavy atom. The third-order valence-corrected chi connectivity index (χ3v) is 5.00. The molecule has 2 aromatic carbocycles. The number of anilines is 1. The van der Waals surface area contributed by atoms with Gasteiger partial charge in [-0.15, -0.1) is 0 Å². The van der Waals surface area contributed by atoms with Gasteiger partial charge in [-0.3, -0.25) is 0 Å². The van der Waals surface area contributed by atoms with Crippen LogP contribution in [0, 0.1) is 0 Å². The lowest BCUT2D eigenvalue weighted by atomic mass is 10.0. The van der Waals surface area contributed by atoms with Gasteiger partial charge in [-0.2, -0.15) is 13.2 Å². The van der Waals surface area contributed by atoms with Gasteiger partial charge in [0.25, 0.3) is 0 Å². The highest BCUT2D eigenvalue weighted by Crippen LogP contribution is 2.31. The minimum atomic E-state index is -4.39. The number of rotatable bonds is 5. The van der Waals surface area contributed by atoms with Crippen molar-refractivity contribution in [3.8, 4) is 5.75 Å². The fourth-order valence-electron chi connectivity index (χ4n) is 3.39. The van der Waals surface area contributed by atoms with E-state index in [0.29, 0.717) is 26.2 Å². The Balaban J connectivity index is 1.47. The lowest BCUT2D eigenvalue weighted by molar-refractivity contribution is -0.138. The molecular weight excluding hydrogens is 383 g/mol. The van der Waals surface area contributed by atoms with Crippen LogP contribution < -0.4 is 15.0 Å². The average Bonchev–Trinajstić information content (AvgIpc) is 2.73. The normalized spacial score (nSPS) is 14.6. The van der Waals surface area contributed by atoms with Gasteiger partial charge in [0, 0.05) is 38.4 Å². The number of ether oxygens (including phenoxy) is 1. The van der Waals surface area contributed by atoms with Crippen molar-refractivity contribution in [2.75, 3.05) is 44.7 Å². The standard InChI is InChI=1S/C21H24F3N3O2/c1-29-18-8-6-17(7-9-18)26-12-14-27(15-13-26)20(28)25-11-10-16-4-2-3-5-19(16)21(22,23)24/h2-9H,10-15H2,1H3,(H,25,28). The van der Waals surface area contributed by atoms with Gasteiger partial charge in [0.2, 0.25) is 0 Å². The molecule has 0 radical (unpaired) electrons. The molecule has 1 saturated heterocycles. The Bertz CT molecular complexity index is 817. The number of nitrogens with one attached hydrogen (secondary N) is 1. The second kappa shape index (κ2) is 9.07. The number of alkyl halides is 3. The summed E-state index contributed by atoms with van der Waals surface area (Å²) in [6.07, 6.45) is -4.26. The van der Waals surface area contributed by atoms with Crippen molar-refractivity contribution >= 4 is 11.7 Å². The molecule has 2 aromatic rings. The van der Waals surface area contributed by atoms with Crippen molar-refractivity contribution in [3.05, 3.63) is 59.7 Å². The van der Waals surface area contributed by atoms with Gasteiger partial charge < -0.3 is 19.9 Å². The van der Waals surface area contributed by atoms with Crippen LogP contribution in [0.25, 0.3) is 0 Å². The molecule has 0 unspecified atom stereocenters. The molecule has 1 N–H and O–H groups in total. The largest absolute Gasteiger partial charge is 0.497 e. The quantitative estimate of drug-likeness (QED) is 0.820. The van der Waals surface area contributed by atoms with E-state index < -0.39 is 11.7 Å². The zero-order valence-electron chi connectivity index (χ0n) is 16.2. The van der Waals surface area contributed by atoms with Gasteiger partial charge in [0.1, 0.15) is 5.75 Å². The summed E-state index contributed by atoms with van der Waals surface area (Å²) in [5.41, 5.74) is 0.599. The van der Waals surface area contributed by atoms with Crippen LogP contribution in [-0.2, 0) is 12.6 Å². The maximum Gasteiger partial charge on any atom is 0.416 e. The maximum atomic E-state index is 13.0. The van der Waals surface area contributed by atoms with Crippen molar-refractivity contribution in [2.24, 2.45) is 0 Å². The fourth-order valence-corrected chi connectivity index (χ4v) is 3.39. The van der Waals surface area contributed by atoms with E-state index in [4.69, 9.17) is 4.74 Å². The molecular formula is C21H24F3N3O2. The third-order valence-electron chi connectivity index (χ3n) is 5.00. The smallest absolute Gasteiger partial charge is 0.416 e. The van der Waals surface area contributed by atoms with E-state index in [1.165, 1.54) is 12.1 Å². The van der Waals surface area contributed by atoms with Crippen molar-refractivity contribution < 1.29 is 22.7 Å². The number of methoxy groups -OCH3 is 1. The Hall–Kier alpha value is -2.90. The van der Waals surface area contributed by atoms with Crippen LogP contribution in [0.15, 0.2) is 48.5 Å². The van der Waals surface area contributed by atoms with E-state index in [2.05, 4.69) is 10.2 Å². The number of amides is 2. The average molecular weight is 407 g/mol. The first-order valence-electron chi connectivity index (χ1n) is 9.45. The van der Waals surface area contributed by atoms with Crippen LogP contribution in [0.1, 0.15) is 11.1 Å². The van der Waals surface area contributed by atoms with Crippen LogP contribution in [0.3, 0.4) is 0 Å². The first kappa shape index (κ1) is 20.8. The predicted octanol–water partition coefficient (Wildman–Crippen LogP) is 3.79. The summed E-state index contributed by atoms with van der Waals surface area (Å²) in [5, 5.41) is 2.73. The van der Waals surface area contributed by atoms with Gasteiger partial charge in [-0.25, -0.2) is 4.79 Å². The number of urea groups is 1. The van der Waals surface area contributed by atoms with Crippen LogP contribution in [-0.4, -0.2) is 50.8 Å². The summed E-state index contributed by atoms with van der Waals surface area (Å²) >= 11 is 0. The minimum Gasteiger partial charge on any atom is -0.497 e. The summed E-state index contributed by atoms with van der Waals surface area (Å²) in [6, 6.07) is 13.0. The third kappa shape index (κ3) is 5.34. The number of halogens is 3. The Labute approximate surface area is 168 Å². The number of hydrogen-bond acceptors (Lipinski definition) is 3. The van der Waals surface area contributed by atoms with E-state index in [-0.39, 0.29) is 24.6 Å². The molecule has 29 heavy (non-hydrogen) atoms. The van der Waals surface area contributed by atoms with Crippen molar-refractivity contribution in [1.29, 1.82) is 0 Å². The molecule has 1 heterocycles. The summed E-state index contributed by atoms with van der Waals surface area (Å²) in [4.78, 5) is 16.2. The second-order valence-electron chi connectivity index (χ2n) is 6.81. The van der Waals surface area contributed by atoms with E-state index in [9.17, 15) is 18.0 Å². The topological polar surface area (TPSA) is 44.8 Å². The monoisotopic (exact) mass is 407 g/mol. The molecule has 1 aliphatic rings. The lowest BCUT2D eigenvalue weighted by Gasteiger charge is -2.36. The van der Waals surface area contributed by atoms with Crippen LogP contribution in [0.4, 0.5) is 23.7 Å². The van der Waals surface area contributed by atoms with E-state index in [0.717, 1.165) is 17.5 Å². The Morgan fingerprint density at radius 3 is 2.31 bits per heavy atom. The zero-order valence-corrected chi connectivity index (χ0v) is 16.2. The van der Waals surface area contributed by atoms with Crippen molar-refractivity contribution in [2.45, 2.75) is 12.6 Å². The molecule has 0 aliphatic carbocycles. The first-order chi connectivity index (χ1) is 13.9. The SMILES string of the molecule is COc1ccc(N2CCN(C(=O)NCCc3ccccc3C(F)(F)F)CC2)cc1. The molecule has 156 valence electrons. The van der Waals surface area contributed by atoms with Gasteiger partial charge in [-0.1, -0.05) is 18.2 Å². The summed E-state index contributed by atoms with van der Waals surface area (Å²) < 4.78 is 44.3. The summed E-state index contributed by atoms with van der Waals surface area (Å²) in [6.45, 7) is 2.64. The molecule has 5 nitrogen and oxygen atoms in total. The predicted molar refractivity (Wildman–Crippen MR) is 105 cm³/mol. The van der Waals surface area contributed by atoms with Gasteiger partial charge in [0.05, 0.1) is 12.7 Å². The van der Waals surface area contributed by atoms with Crippen molar-refractivity contribution in [3.63, 3.8) is 0 Å². The van der Waals surface area contributed by atoms with Gasteiger partial charge in [-0.05, 0) is 42.3 Å². The Kier molecular flexibility index (Phi) is 6.51. The number of hydrogen-bond donors (Lipinski definition) is 1. The molecule has 8 heteroatoms. The zero-order chi connectivity index (χ0) is 20.9. The van der Waals surface area contributed by atoms with Gasteiger partial charge in [0.15, 0.2) is 0 Å². The lowest BCUT2D eigenvalue weighted by Crippen LogP contribution is -2.52. The van der Waals surface area contributed by atoms with E-state index >= 15 is 0 Å². The van der Waals surface area contributed by atoms with Crippen molar-refractivity contribution in [1.82, 2.24) is 10.2 Å². The number of carbonyl (C=O) groups is 1. The number of piperazine rings is 1. The van der Waals surface area contributed by atoms with Gasteiger partial charge >= 0.3 is 12.2 Å². The summed E-state index contributed by atoms with van der Waals surface area (Å²) in [7, 11) is 1.62. The van der Waals surface area contributed by atoms with Crippen LogP contribution in [0.2, 0.25) is 0 Å². The highest BCUT2D eigenvalue weighted by atomic mass is 19.4. The molecule has 2 amide bonds. The van der Waals surface area contributed by atoms with E-state index in [1.54, 1.807) is 18.1 Å². The molecule has 3 rings (SSSR count). The highest BCUT2D eigenvalue weighted by Gasteiger charge is 2.32. The molecule has 1 fully saturated rings. The number of nitrogens with zero attached hydrogens (tertiary/aromatic N) is 2. The number of benzene rings is 2. The van der Waals surface area contributed by atoms with Crippen LogP contribution >= 0.6 is 0 Å². The fraction of sp³-hybridized carbons (Fsp3) is 0.381. The minimum absolute atomic E-state index is 0.132. The maximum absolute atomic E-state index is 13.0. The Morgan fingerprint density at radius 2 is 1.69 bits per heavy atom. The second-order valence-corrected chi connectivity index (χ2v) is 6.81.